The summed E-state index contributed by atoms with van der Waals surface area (Å²) in [5.41, 5.74) is 1.93. The normalized spacial score (nSPS) is 24.7. The number of benzene rings is 1. The van der Waals surface area contributed by atoms with Crippen molar-refractivity contribution in [1.82, 2.24) is 15.5 Å². The first kappa shape index (κ1) is 26.2. The molecule has 1 saturated carbocycles. The van der Waals surface area contributed by atoms with Crippen LogP contribution in [0.4, 0.5) is 0 Å². The Morgan fingerprint density at radius 3 is 2.51 bits per heavy atom. The van der Waals surface area contributed by atoms with Crippen molar-refractivity contribution in [2.75, 3.05) is 18.1 Å². The number of β-lactam (4-membered cyclic amide) rings is 1. The Morgan fingerprint density at radius 1 is 1.20 bits per heavy atom. The van der Waals surface area contributed by atoms with Crippen LogP contribution in [0.5, 0.6) is 5.75 Å². The molecule has 2 atom stereocenters. The number of aliphatic carboxylic acids is 1. The summed E-state index contributed by atoms with van der Waals surface area (Å²) in [5, 5.41) is 24.4. The Balaban J connectivity index is 0.00000289. The Hall–Kier alpha value is -1.92. The molecule has 3 aliphatic heterocycles. The fourth-order valence-corrected chi connectivity index (χ4v) is 6.63. The molecule has 0 unspecified atom stereocenters. The third-order valence-electron chi connectivity index (χ3n) is 6.26. The molecule has 3 fully saturated rings. The molecule has 0 aromatic heterocycles. The number of phenolic OH excluding ortho intramolecular Hbond substituents is 1. The standard InChI is InChI=1S/C23H23N3O6S2.Na.H/c27-12-3-5-13(6-4-12)33-10-16(28)25-18-21(30)26-19(23(31)32)15(9-34-22(18)26)17(11-1-2-11)14-7-8-24-20(14)29;;/h3-6,11,18,22,27H,1-2,7-10H2,(H,24,29)(H,25,28)(H,31,32);;/t18-,22-;;/m1../s1. The van der Waals surface area contributed by atoms with E-state index in [0.717, 1.165) is 23.3 Å². The van der Waals surface area contributed by atoms with Crippen molar-refractivity contribution in [3.63, 3.8) is 0 Å². The quantitative estimate of drug-likeness (QED) is 0.178. The van der Waals surface area contributed by atoms with Crippen LogP contribution >= 0.6 is 23.5 Å². The summed E-state index contributed by atoms with van der Waals surface area (Å²) in [7, 11) is 0. The molecule has 0 radical (unpaired) electrons. The zero-order valence-corrected chi connectivity index (χ0v) is 19.7. The summed E-state index contributed by atoms with van der Waals surface area (Å²) in [5.74, 6) is -1.38. The van der Waals surface area contributed by atoms with Crippen LogP contribution in [0.2, 0.25) is 0 Å². The van der Waals surface area contributed by atoms with Crippen molar-refractivity contribution >= 4 is 76.8 Å². The first-order valence-electron chi connectivity index (χ1n) is 11.0. The van der Waals surface area contributed by atoms with Gasteiger partial charge in [-0.15, -0.1) is 23.5 Å². The molecule has 1 aliphatic carbocycles. The predicted molar refractivity (Wildman–Crippen MR) is 133 cm³/mol. The van der Waals surface area contributed by atoms with E-state index >= 15 is 0 Å². The number of nitrogens with one attached hydrogen (secondary N) is 2. The van der Waals surface area contributed by atoms with Crippen molar-refractivity contribution in [2.45, 2.75) is 35.6 Å². The van der Waals surface area contributed by atoms with Gasteiger partial charge in [-0.3, -0.25) is 19.3 Å². The number of hydrogen-bond donors (Lipinski definition) is 4. The number of aromatic hydroxyl groups is 1. The summed E-state index contributed by atoms with van der Waals surface area (Å²) in [6, 6.07) is 5.67. The first-order valence-corrected chi connectivity index (χ1v) is 13.0. The van der Waals surface area contributed by atoms with Crippen LogP contribution in [0, 0.1) is 5.92 Å². The number of phenols is 1. The maximum atomic E-state index is 13.0. The minimum absolute atomic E-state index is 0. The Bertz CT molecular complexity index is 1150. The number of fused-ring (bicyclic) bond motifs is 1. The SMILES string of the molecule is O=C(CSc1ccc(O)cc1)N[C@@H]1C(=O)N2C(C(=O)O)=C(C(=C3CCNC3=O)C3CC3)CS[C@H]12.[NaH]. The third-order valence-corrected chi connectivity index (χ3v) is 8.56. The molecule has 0 spiro atoms. The van der Waals surface area contributed by atoms with Crippen molar-refractivity contribution < 1.29 is 29.4 Å². The summed E-state index contributed by atoms with van der Waals surface area (Å²) in [6.07, 6.45) is 2.37. The van der Waals surface area contributed by atoms with Gasteiger partial charge in [0.25, 0.3) is 5.91 Å². The number of amides is 3. The van der Waals surface area contributed by atoms with Crippen molar-refractivity contribution in [3.8, 4) is 5.75 Å². The molecule has 0 bridgehead atoms. The van der Waals surface area contributed by atoms with Gasteiger partial charge in [-0.25, -0.2) is 4.79 Å². The van der Waals surface area contributed by atoms with E-state index in [0.29, 0.717) is 29.9 Å². The number of carbonyl (C=O) groups excluding carboxylic acids is 3. The molecule has 1 aromatic rings. The molecule has 12 heteroatoms. The van der Waals surface area contributed by atoms with Crippen LogP contribution in [0.1, 0.15) is 19.3 Å². The van der Waals surface area contributed by atoms with Gasteiger partial charge in [0.2, 0.25) is 11.8 Å². The summed E-state index contributed by atoms with van der Waals surface area (Å²) >= 11 is 2.69. The number of carbonyl (C=O) groups is 4. The van der Waals surface area contributed by atoms with E-state index in [-0.39, 0.29) is 64.5 Å². The fraction of sp³-hybridized carbons (Fsp3) is 0.391. The minimum atomic E-state index is -1.20. The van der Waals surface area contributed by atoms with Gasteiger partial charge in [0, 0.05) is 22.8 Å². The van der Waals surface area contributed by atoms with E-state index in [1.54, 1.807) is 12.1 Å². The van der Waals surface area contributed by atoms with Crippen LogP contribution in [-0.4, -0.2) is 97.8 Å². The van der Waals surface area contributed by atoms with Gasteiger partial charge in [0.1, 0.15) is 22.9 Å². The number of carboxylic acid groups (broad SMARTS) is 1. The zero-order chi connectivity index (χ0) is 24.0. The van der Waals surface area contributed by atoms with E-state index in [9.17, 15) is 29.4 Å². The molecule has 35 heavy (non-hydrogen) atoms. The number of rotatable bonds is 7. The van der Waals surface area contributed by atoms with Gasteiger partial charge in [0.05, 0.1) is 5.75 Å². The fourth-order valence-electron chi connectivity index (χ4n) is 4.56. The van der Waals surface area contributed by atoms with Crippen molar-refractivity contribution in [3.05, 3.63) is 46.7 Å². The monoisotopic (exact) mass is 525 g/mol. The van der Waals surface area contributed by atoms with Crippen LogP contribution in [0.15, 0.2) is 51.6 Å². The molecule has 9 nitrogen and oxygen atoms in total. The second-order valence-corrected chi connectivity index (χ2v) is 10.7. The number of thioether (sulfide) groups is 2. The number of nitrogens with zero attached hydrogens (tertiary/aromatic N) is 1. The van der Waals surface area contributed by atoms with Crippen LogP contribution in [0.25, 0.3) is 0 Å². The molecule has 4 aliphatic rings. The molecule has 180 valence electrons. The molecule has 2 saturated heterocycles. The van der Waals surface area contributed by atoms with E-state index in [2.05, 4.69) is 10.6 Å². The van der Waals surface area contributed by atoms with Gasteiger partial charge < -0.3 is 20.8 Å². The van der Waals surface area contributed by atoms with E-state index < -0.39 is 23.3 Å². The van der Waals surface area contributed by atoms with Gasteiger partial charge in [0.15, 0.2) is 0 Å². The first-order chi connectivity index (χ1) is 16.3. The summed E-state index contributed by atoms with van der Waals surface area (Å²) in [4.78, 5) is 52.1. The predicted octanol–water partition coefficient (Wildman–Crippen LogP) is 0.801. The molecule has 1 aromatic carbocycles. The zero-order valence-electron chi connectivity index (χ0n) is 18.1. The second-order valence-electron chi connectivity index (χ2n) is 8.54. The van der Waals surface area contributed by atoms with Crippen molar-refractivity contribution in [1.29, 1.82) is 0 Å². The number of allylic oxidation sites excluding steroid dienone is 1. The van der Waals surface area contributed by atoms with E-state index in [1.807, 2.05) is 0 Å². The summed E-state index contributed by atoms with van der Waals surface area (Å²) in [6.45, 7) is 0.536. The molecule has 3 amide bonds. The Labute approximate surface area is 232 Å². The van der Waals surface area contributed by atoms with Gasteiger partial charge in [-0.05, 0) is 60.6 Å². The molecule has 4 N–H and O–H groups in total. The molecule has 3 heterocycles. The van der Waals surface area contributed by atoms with Crippen LogP contribution in [-0.2, 0) is 19.2 Å². The topological polar surface area (TPSA) is 136 Å². The molecule has 5 rings (SSSR count). The van der Waals surface area contributed by atoms with Crippen molar-refractivity contribution in [2.24, 2.45) is 5.92 Å². The van der Waals surface area contributed by atoms with Crippen LogP contribution in [0.3, 0.4) is 0 Å². The summed E-state index contributed by atoms with van der Waals surface area (Å²) < 4.78 is 0. The van der Waals surface area contributed by atoms with Gasteiger partial charge in [-0.1, -0.05) is 0 Å². The third kappa shape index (κ3) is 5.15. The van der Waals surface area contributed by atoms with Gasteiger partial charge >= 0.3 is 35.5 Å². The number of carboxylic acids is 1. The van der Waals surface area contributed by atoms with E-state index in [1.165, 1.54) is 40.6 Å². The van der Waals surface area contributed by atoms with Gasteiger partial charge in [-0.2, -0.15) is 0 Å². The Kier molecular flexibility index (Phi) is 7.92. The average molecular weight is 526 g/mol. The number of hydrogen-bond acceptors (Lipinski definition) is 7. The van der Waals surface area contributed by atoms with Crippen LogP contribution < -0.4 is 10.6 Å². The molecular weight excluding hydrogens is 501 g/mol. The maximum absolute atomic E-state index is 13.0. The van der Waals surface area contributed by atoms with E-state index in [4.69, 9.17) is 0 Å². The molecular formula is C23H24N3NaO6S2. The average Bonchev–Trinajstić information content (AvgIpc) is 3.57. The Morgan fingerprint density at radius 2 is 1.91 bits per heavy atom. The second kappa shape index (κ2) is 10.6.